The zero-order valence-corrected chi connectivity index (χ0v) is 7.95. The zero-order chi connectivity index (χ0) is 9.68. The lowest BCUT2D eigenvalue weighted by Gasteiger charge is -2.13. The Morgan fingerprint density at radius 3 is 3.00 bits per heavy atom. The van der Waals surface area contributed by atoms with Crippen LogP contribution in [0.2, 0.25) is 0 Å². The second-order valence-corrected chi connectivity index (χ2v) is 3.34. The van der Waals surface area contributed by atoms with Crippen LogP contribution < -0.4 is 5.32 Å². The number of carbonyl (C=O) groups is 1. The summed E-state index contributed by atoms with van der Waals surface area (Å²) in [5, 5.41) is 11.3. The normalized spacial score (nSPS) is 27.5. The quantitative estimate of drug-likeness (QED) is 0.605. The summed E-state index contributed by atoms with van der Waals surface area (Å²) in [6.07, 6.45) is 1.47. The lowest BCUT2D eigenvalue weighted by molar-refractivity contribution is -0.126. The standard InChI is InChI=1S/C9H17NO3/c1-7-8(3-6-13-7)9(12)10-4-2-5-11/h7-8,11H,2-6H2,1H3,(H,10,12). The lowest BCUT2D eigenvalue weighted by atomic mass is 10.0. The van der Waals surface area contributed by atoms with Crippen molar-refractivity contribution >= 4 is 5.91 Å². The minimum Gasteiger partial charge on any atom is -0.396 e. The van der Waals surface area contributed by atoms with Gasteiger partial charge in [0.1, 0.15) is 0 Å². The molecular weight excluding hydrogens is 170 g/mol. The first kappa shape index (κ1) is 10.5. The average Bonchev–Trinajstić information content (AvgIpc) is 2.52. The fourth-order valence-corrected chi connectivity index (χ4v) is 1.50. The highest BCUT2D eigenvalue weighted by Gasteiger charge is 2.30. The fourth-order valence-electron chi connectivity index (χ4n) is 1.50. The van der Waals surface area contributed by atoms with Crippen molar-refractivity contribution in [1.29, 1.82) is 0 Å². The topological polar surface area (TPSA) is 58.6 Å². The van der Waals surface area contributed by atoms with Crippen LogP contribution in [0.15, 0.2) is 0 Å². The number of hydrogen-bond donors (Lipinski definition) is 2. The predicted molar refractivity (Wildman–Crippen MR) is 48.2 cm³/mol. The van der Waals surface area contributed by atoms with Crippen molar-refractivity contribution in [3.63, 3.8) is 0 Å². The molecule has 0 aromatic rings. The van der Waals surface area contributed by atoms with E-state index in [-0.39, 0.29) is 24.5 Å². The van der Waals surface area contributed by atoms with Gasteiger partial charge in [0.15, 0.2) is 0 Å². The van der Waals surface area contributed by atoms with E-state index in [4.69, 9.17) is 9.84 Å². The van der Waals surface area contributed by atoms with E-state index in [1.54, 1.807) is 0 Å². The van der Waals surface area contributed by atoms with E-state index < -0.39 is 0 Å². The second-order valence-electron chi connectivity index (χ2n) is 3.34. The van der Waals surface area contributed by atoms with Gasteiger partial charge in [-0.1, -0.05) is 0 Å². The van der Waals surface area contributed by atoms with Crippen molar-refractivity contribution in [3.8, 4) is 0 Å². The molecule has 0 spiro atoms. The van der Waals surface area contributed by atoms with Crippen LogP contribution in [0.1, 0.15) is 19.8 Å². The second kappa shape index (κ2) is 5.19. The van der Waals surface area contributed by atoms with Crippen LogP contribution in [0.4, 0.5) is 0 Å². The van der Waals surface area contributed by atoms with Crippen LogP contribution in [-0.4, -0.2) is 36.9 Å². The highest BCUT2D eigenvalue weighted by atomic mass is 16.5. The monoisotopic (exact) mass is 187 g/mol. The van der Waals surface area contributed by atoms with Crippen molar-refractivity contribution < 1.29 is 14.6 Å². The molecule has 2 unspecified atom stereocenters. The Labute approximate surface area is 78.3 Å². The van der Waals surface area contributed by atoms with Gasteiger partial charge in [-0.05, 0) is 19.8 Å². The van der Waals surface area contributed by atoms with E-state index in [0.29, 0.717) is 19.6 Å². The molecule has 1 rings (SSSR count). The van der Waals surface area contributed by atoms with Gasteiger partial charge >= 0.3 is 0 Å². The Morgan fingerprint density at radius 2 is 2.46 bits per heavy atom. The van der Waals surface area contributed by atoms with E-state index in [2.05, 4.69) is 5.32 Å². The van der Waals surface area contributed by atoms with Gasteiger partial charge in [0, 0.05) is 19.8 Å². The number of aliphatic hydroxyl groups is 1. The first-order valence-corrected chi connectivity index (χ1v) is 4.76. The molecule has 0 aromatic carbocycles. The molecule has 0 radical (unpaired) electrons. The third-order valence-corrected chi connectivity index (χ3v) is 2.35. The molecule has 76 valence electrons. The molecule has 2 atom stereocenters. The molecule has 0 aromatic heterocycles. The third kappa shape index (κ3) is 2.97. The Morgan fingerprint density at radius 1 is 1.69 bits per heavy atom. The van der Waals surface area contributed by atoms with Crippen LogP contribution in [0.5, 0.6) is 0 Å². The maximum atomic E-state index is 11.5. The van der Waals surface area contributed by atoms with E-state index in [1.807, 2.05) is 6.92 Å². The molecular formula is C9H17NO3. The molecule has 4 heteroatoms. The summed E-state index contributed by atoms with van der Waals surface area (Å²) in [7, 11) is 0. The molecule has 1 fully saturated rings. The first-order chi connectivity index (χ1) is 6.25. The maximum Gasteiger partial charge on any atom is 0.225 e. The van der Waals surface area contributed by atoms with Gasteiger partial charge in [0.2, 0.25) is 5.91 Å². The summed E-state index contributed by atoms with van der Waals surface area (Å²) in [5.74, 6) is 0.0529. The van der Waals surface area contributed by atoms with Crippen LogP contribution >= 0.6 is 0 Å². The average molecular weight is 187 g/mol. The Kier molecular flexibility index (Phi) is 4.18. The maximum absolute atomic E-state index is 11.5. The molecule has 0 bridgehead atoms. The molecule has 0 saturated carbocycles. The Hall–Kier alpha value is -0.610. The molecule has 1 amide bonds. The molecule has 1 aliphatic heterocycles. The minimum atomic E-state index is -0.00121. The van der Waals surface area contributed by atoms with Crippen molar-refractivity contribution in [2.24, 2.45) is 5.92 Å². The summed E-state index contributed by atoms with van der Waals surface area (Å²) in [6, 6.07) is 0. The van der Waals surface area contributed by atoms with E-state index in [1.165, 1.54) is 0 Å². The zero-order valence-electron chi connectivity index (χ0n) is 7.95. The van der Waals surface area contributed by atoms with Crippen molar-refractivity contribution in [2.75, 3.05) is 19.8 Å². The largest absolute Gasteiger partial charge is 0.396 e. The Bertz CT molecular complexity index is 172. The third-order valence-electron chi connectivity index (χ3n) is 2.35. The molecule has 0 aliphatic carbocycles. The van der Waals surface area contributed by atoms with Gasteiger partial charge in [0.25, 0.3) is 0 Å². The molecule has 1 saturated heterocycles. The number of aliphatic hydroxyl groups excluding tert-OH is 1. The predicted octanol–water partition coefficient (Wildman–Crippen LogP) is -0.0900. The number of carbonyl (C=O) groups excluding carboxylic acids is 1. The summed E-state index contributed by atoms with van der Waals surface area (Å²) >= 11 is 0. The van der Waals surface area contributed by atoms with Crippen molar-refractivity contribution in [1.82, 2.24) is 5.32 Å². The van der Waals surface area contributed by atoms with Crippen LogP contribution in [0.3, 0.4) is 0 Å². The number of rotatable bonds is 4. The molecule has 13 heavy (non-hydrogen) atoms. The van der Waals surface area contributed by atoms with E-state index in [9.17, 15) is 4.79 Å². The SMILES string of the molecule is CC1OCCC1C(=O)NCCCO. The lowest BCUT2D eigenvalue weighted by Crippen LogP contribution is -2.34. The Balaban J connectivity index is 2.22. The number of ether oxygens (including phenoxy) is 1. The molecule has 4 nitrogen and oxygen atoms in total. The van der Waals surface area contributed by atoms with Crippen LogP contribution in [0, 0.1) is 5.92 Å². The summed E-state index contributed by atoms with van der Waals surface area (Å²) in [5.41, 5.74) is 0. The van der Waals surface area contributed by atoms with Gasteiger partial charge in [-0.15, -0.1) is 0 Å². The highest BCUT2D eigenvalue weighted by Crippen LogP contribution is 2.20. The van der Waals surface area contributed by atoms with Crippen molar-refractivity contribution in [2.45, 2.75) is 25.9 Å². The van der Waals surface area contributed by atoms with E-state index >= 15 is 0 Å². The number of amides is 1. The van der Waals surface area contributed by atoms with Gasteiger partial charge in [-0.3, -0.25) is 4.79 Å². The van der Waals surface area contributed by atoms with Gasteiger partial charge in [-0.25, -0.2) is 0 Å². The molecule has 2 N–H and O–H groups in total. The smallest absolute Gasteiger partial charge is 0.225 e. The fraction of sp³-hybridized carbons (Fsp3) is 0.889. The summed E-state index contributed by atoms with van der Waals surface area (Å²) < 4.78 is 5.28. The van der Waals surface area contributed by atoms with Crippen LogP contribution in [-0.2, 0) is 9.53 Å². The summed E-state index contributed by atoms with van der Waals surface area (Å²) in [4.78, 5) is 11.5. The van der Waals surface area contributed by atoms with Crippen molar-refractivity contribution in [3.05, 3.63) is 0 Å². The van der Waals surface area contributed by atoms with Gasteiger partial charge in [-0.2, -0.15) is 0 Å². The number of nitrogens with one attached hydrogen (secondary N) is 1. The number of hydrogen-bond acceptors (Lipinski definition) is 3. The van der Waals surface area contributed by atoms with Gasteiger partial charge < -0.3 is 15.2 Å². The van der Waals surface area contributed by atoms with Gasteiger partial charge in [0.05, 0.1) is 12.0 Å². The molecule has 1 heterocycles. The first-order valence-electron chi connectivity index (χ1n) is 4.76. The summed E-state index contributed by atoms with van der Waals surface area (Å²) in [6.45, 7) is 3.28. The minimum absolute atomic E-state index is 0.00121. The van der Waals surface area contributed by atoms with E-state index in [0.717, 1.165) is 6.42 Å². The highest BCUT2D eigenvalue weighted by molar-refractivity contribution is 5.79. The van der Waals surface area contributed by atoms with Crippen LogP contribution in [0.25, 0.3) is 0 Å². The molecule has 1 aliphatic rings.